The van der Waals surface area contributed by atoms with Gasteiger partial charge in [-0.15, -0.1) is 66.7 Å². The van der Waals surface area contributed by atoms with Gasteiger partial charge in [-0.2, -0.15) is 5.56 Å². The molecule has 0 N–H and O–H groups in total. The molecule has 162 valence electrons. The number of fused-ring (bicyclic) bond motifs is 3. The third-order valence-corrected chi connectivity index (χ3v) is 4.83. The van der Waals surface area contributed by atoms with Crippen molar-refractivity contribution in [1.82, 2.24) is 4.98 Å². The van der Waals surface area contributed by atoms with Gasteiger partial charge in [0, 0.05) is 13.1 Å². The van der Waals surface area contributed by atoms with E-state index >= 15 is 0 Å². The molecule has 0 aliphatic carbocycles. The second-order valence-corrected chi connectivity index (χ2v) is 6.90. The van der Waals surface area contributed by atoms with E-state index in [1.165, 1.54) is 6.20 Å². The number of nitrogens with zero attached hydrogens (tertiary/aromatic N) is 2. The van der Waals surface area contributed by atoms with Crippen LogP contribution >= 0.6 is 0 Å². The van der Waals surface area contributed by atoms with Gasteiger partial charge in [0.25, 0.3) is 0 Å². The number of allylic oxidation sites excluding steroid dienone is 2. The van der Waals surface area contributed by atoms with E-state index in [0.717, 1.165) is 27.6 Å². The van der Waals surface area contributed by atoms with Crippen LogP contribution in [-0.2, 0) is 20.1 Å². The van der Waals surface area contributed by atoms with Gasteiger partial charge >= 0.3 is 20.1 Å². The van der Waals surface area contributed by atoms with E-state index < -0.39 is 13.4 Å². The van der Waals surface area contributed by atoms with Crippen LogP contribution in [0.2, 0.25) is 0 Å². The molecule has 3 nitrogen and oxygen atoms in total. The van der Waals surface area contributed by atoms with Crippen LogP contribution in [0.4, 0.5) is 0 Å². The van der Waals surface area contributed by atoms with Crippen molar-refractivity contribution in [2.75, 3.05) is 6.52 Å². The fraction of sp³-hybridized carbons (Fsp3) is 0.0690. The third kappa shape index (κ3) is 4.98. The Morgan fingerprint density at radius 1 is 1.03 bits per heavy atom. The van der Waals surface area contributed by atoms with Crippen LogP contribution in [0.25, 0.3) is 44.2 Å². The maximum absolute atomic E-state index is 8.12. The van der Waals surface area contributed by atoms with Crippen molar-refractivity contribution in [2.45, 2.75) is 6.85 Å². The first-order chi connectivity index (χ1) is 18.6. The number of para-hydroxylation sites is 1. The molecule has 0 saturated heterocycles. The maximum Gasteiger partial charge on any atom is 3.00 e. The average molecular weight is 613 g/mol. The molecule has 0 fully saturated rings. The van der Waals surface area contributed by atoms with Crippen LogP contribution in [0.5, 0.6) is 0 Å². The fourth-order valence-electron chi connectivity index (χ4n) is 3.39. The standard InChI is InChI=1S/C17H11NO.C12H10N.Ir/c1-2-9-15-13(6-1)17-12(7-5-10-16(17)19-15)14-8-3-4-11-18-14;1-10-7-8-12(13-9-10)11-5-3-2-4-6-11;/h1-6,8-10H,11H2;2-5,7-9H,1H3;/q-2;-1;+3/i3D,4D,8D,11D;1D3;. The minimum absolute atomic E-state index is 0. The van der Waals surface area contributed by atoms with Crippen molar-refractivity contribution >= 4 is 27.6 Å². The molecule has 1 aliphatic heterocycles. The van der Waals surface area contributed by atoms with Crippen molar-refractivity contribution in [3.05, 3.63) is 126 Å². The number of pyridine rings is 1. The van der Waals surface area contributed by atoms with Gasteiger partial charge < -0.3 is 14.7 Å². The number of hydrogen-bond acceptors (Lipinski definition) is 2. The summed E-state index contributed by atoms with van der Waals surface area (Å²) in [5, 5.41) is 5.76. The molecule has 4 heteroatoms. The molecule has 3 heterocycles. The largest absolute Gasteiger partial charge is 3.00 e. The number of aryl methyl sites for hydroxylation is 1. The van der Waals surface area contributed by atoms with Crippen LogP contribution in [0.3, 0.4) is 0 Å². The van der Waals surface area contributed by atoms with Crippen LogP contribution < -0.4 is 0 Å². The molecular weight excluding hydrogens is 585 g/mol. The Kier molecular flexibility index (Phi) is 4.87. The minimum atomic E-state index is -2.09. The zero-order valence-electron chi connectivity index (χ0n) is 24.2. The third-order valence-electron chi connectivity index (χ3n) is 4.83. The molecule has 0 saturated carbocycles. The van der Waals surface area contributed by atoms with E-state index in [1.54, 1.807) is 30.3 Å². The molecule has 0 spiro atoms. The van der Waals surface area contributed by atoms with Gasteiger partial charge in [-0.05, 0) is 29.6 Å². The molecule has 1 unspecified atom stereocenters. The maximum atomic E-state index is 8.12. The number of aromatic nitrogens is 1. The Hall–Kier alpha value is -3.46. The Balaban J connectivity index is 0.000000192. The van der Waals surface area contributed by atoms with Gasteiger partial charge in [0.05, 0.1) is 8.32 Å². The zero-order valence-corrected chi connectivity index (χ0v) is 19.6. The van der Waals surface area contributed by atoms with E-state index in [4.69, 9.17) is 14.0 Å². The summed E-state index contributed by atoms with van der Waals surface area (Å²) in [7, 11) is 0. The molecule has 0 amide bonds. The molecule has 1 atom stereocenters. The van der Waals surface area contributed by atoms with Gasteiger partial charge in [0.1, 0.15) is 5.58 Å². The van der Waals surface area contributed by atoms with Crippen LogP contribution in [0, 0.1) is 19.0 Å². The summed E-state index contributed by atoms with van der Waals surface area (Å²) < 4.78 is 59.0. The quantitative estimate of drug-likeness (QED) is 0.194. The molecule has 0 bridgehead atoms. The molecule has 1 aliphatic rings. The van der Waals surface area contributed by atoms with Crippen molar-refractivity contribution in [2.24, 2.45) is 0 Å². The van der Waals surface area contributed by atoms with Crippen LogP contribution in [0.1, 0.15) is 20.7 Å². The molecule has 0 radical (unpaired) electrons. The average Bonchev–Trinajstić information content (AvgIpc) is 3.33. The smallest absolute Gasteiger partial charge is 0.725 e. The molecule has 6 rings (SSSR count). The first-order valence-corrected chi connectivity index (χ1v) is 9.93. The van der Waals surface area contributed by atoms with E-state index in [-0.39, 0.29) is 49.5 Å². The van der Waals surface area contributed by atoms with E-state index in [1.807, 2.05) is 42.5 Å². The summed E-state index contributed by atoms with van der Waals surface area (Å²) in [6.07, 6.45) is 1.39. The van der Waals surface area contributed by atoms with Crippen molar-refractivity contribution in [3.63, 3.8) is 0 Å². The van der Waals surface area contributed by atoms with Crippen molar-refractivity contribution in [3.8, 4) is 11.3 Å². The van der Waals surface area contributed by atoms with Gasteiger partial charge in [-0.3, -0.25) is 0 Å². The Morgan fingerprint density at radius 3 is 2.76 bits per heavy atom. The van der Waals surface area contributed by atoms with E-state index in [9.17, 15) is 0 Å². The normalized spacial score (nSPS) is 18.9. The molecule has 3 aromatic carbocycles. The summed E-state index contributed by atoms with van der Waals surface area (Å²) in [6, 6.07) is 27.2. The Morgan fingerprint density at radius 2 is 1.94 bits per heavy atom. The summed E-state index contributed by atoms with van der Waals surface area (Å²) in [5.74, 6) is 0. The van der Waals surface area contributed by atoms with Crippen molar-refractivity contribution in [1.29, 1.82) is 0 Å². The van der Waals surface area contributed by atoms with Gasteiger partial charge in [-0.1, -0.05) is 47.8 Å². The van der Waals surface area contributed by atoms with Crippen LogP contribution in [-0.4, -0.2) is 11.5 Å². The molecule has 2 aromatic heterocycles. The van der Waals surface area contributed by atoms with Gasteiger partial charge in [-0.25, -0.2) is 5.70 Å². The van der Waals surface area contributed by atoms with Gasteiger partial charge in [0.15, 0.2) is 0 Å². The first kappa shape index (κ1) is 15.4. The summed E-state index contributed by atoms with van der Waals surface area (Å²) >= 11 is 0. The zero-order chi connectivity index (χ0) is 27.7. The summed E-state index contributed by atoms with van der Waals surface area (Å²) in [4.78, 5) is 4.12. The van der Waals surface area contributed by atoms with Crippen molar-refractivity contribution < 1.29 is 34.1 Å². The predicted molar refractivity (Wildman–Crippen MR) is 131 cm³/mol. The molecular formula is C29H21IrN2O. The number of benzene rings is 3. The minimum Gasteiger partial charge on any atom is -0.725 e. The number of rotatable bonds is 2. The second kappa shape index (κ2) is 10.4. The number of furan rings is 1. The summed E-state index contributed by atoms with van der Waals surface area (Å²) in [5.41, 5.74) is 3.95. The topological polar surface area (TPSA) is 40.1 Å². The number of hydrogen-bond donors (Lipinski definition) is 0. The predicted octanol–water partition coefficient (Wildman–Crippen LogP) is 7.53. The van der Waals surface area contributed by atoms with Crippen LogP contribution in [0.15, 0.2) is 102 Å². The fourth-order valence-corrected chi connectivity index (χ4v) is 3.39. The second-order valence-electron chi connectivity index (χ2n) is 6.90. The van der Waals surface area contributed by atoms with E-state index in [2.05, 4.69) is 22.4 Å². The Labute approximate surface area is 217 Å². The molecule has 5 aromatic rings. The summed E-state index contributed by atoms with van der Waals surface area (Å²) in [6.45, 7) is -3.28. The van der Waals surface area contributed by atoms with E-state index in [0.29, 0.717) is 11.1 Å². The SMILES string of the molecule is [2H]C([2H])([2H])c1ccc(-c2[c-]cccc2)nc1.[2H]C1=C(c2[c-]ccc3oc4ccccc4c23)[N-]C([2H])C([2H])=C1[2H].[Ir+3]. The first-order valence-electron chi connectivity index (χ1n) is 13.5. The monoisotopic (exact) mass is 613 g/mol. The van der Waals surface area contributed by atoms with Gasteiger partial charge in [0.2, 0.25) is 0 Å². The Bertz CT molecular complexity index is 1710. The molecule has 33 heavy (non-hydrogen) atoms.